The van der Waals surface area contributed by atoms with E-state index in [0.717, 1.165) is 19.4 Å². The lowest BCUT2D eigenvalue weighted by Crippen LogP contribution is -2.49. The fourth-order valence-corrected chi connectivity index (χ4v) is 3.30. The highest BCUT2D eigenvalue weighted by Crippen LogP contribution is 2.38. The molecule has 0 aromatic rings. The van der Waals surface area contributed by atoms with Gasteiger partial charge in [0, 0.05) is 26.3 Å². The van der Waals surface area contributed by atoms with Crippen LogP contribution in [0.3, 0.4) is 0 Å². The highest BCUT2D eigenvalue weighted by Gasteiger charge is 2.38. The van der Waals surface area contributed by atoms with Gasteiger partial charge in [0.2, 0.25) is 0 Å². The molecule has 2 fully saturated rings. The average molecular weight is 257 g/mol. The quantitative estimate of drug-likeness (QED) is 0.783. The van der Waals surface area contributed by atoms with Crippen LogP contribution in [-0.4, -0.2) is 49.7 Å². The van der Waals surface area contributed by atoms with Crippen LogP contribution in [0.5, 0.6) is 0 Å². The fraction of sp³-hybridized carbons (Fsp3) is 1.00. The van der Waals surface area contributed by atoms with Gasteiger partial charge in [0.05, 0.1) is 18.3 Å². The van der Waals surface area contributed by atoms with E-state index in [-0.39, 0.29) is 5.60 Å². The molecule has 106 valence electrons. The van der Waals surface area contributed by atoms with Gasteiger partial charge in [-0.25, -0.2) is 0 Å². The van der Waals surface area contributed by atoms with Crippen LogP contribution in [0.4, 0.5) is 0 Å². The number of nitrogens with one attached hydrogen (secondary N) is 1. The summed E-state index contributed by atoms with van der Waals surface area (Å²) >= 11 is 0. The van der Waals surface area contributed by atoms with Crippen LogP contribution in [0.15, 0.2) is 0 Å². The minimum Gasteiger partial charge on any atom is -0.389 e. The van der Waals surface area contributed by atoms with Gasteiger partial charge in [-0.15, -0.1) is 0 Å². The van der Waals surface area contributed by atoms with E-state index in [2.05, 4.69) is 5.32 Å². The first kappa shape index (κ1) is 14.3. The predicted octanol–water partition coefficient (Wildman–Crippen LogP) is 1.47. The third kappa shape index (κ3) is 3.92. The Morgan fingerprint density at radius 3 is 2.89 bits per heavy atom. The summed E-state index contributed by atoms with van der Waals surface area (Å²) in [5.74, 6) is 0. The molecular formula is C14H27NO3. The van der Waals surface area contributed by atoms with Crippen LogP contribution in [0.25, 0.3) is 0 Å². The number of hydrogen-bond acceptors (Lipinski definition) is 4. The smallest absolute Gasteiger partial charge is 0.0897 e. The summed E-state index contributed by atoms with van der Waals surface area (Å²) in [5, 5.41) is 13.1. The average Bonchev–Trinajstić information content (AvgIpc) is 2.38. The maximum Gasteiger partial charge on any atom is 0.0897 e. The summed E-state index contributed by atoms with van der Waals surface area (Å²) in [6.07, 6.45) is 8.15. The summed E-state index contributed by atoms with van der Waals surface area (Å²) in [6.45, 7) is 1.88. The molecule has 0 bridgehead atoms. The Labute approximate surface area is 110 Å². The lowest BCUT2D eigenvalue weighted by molar-refractivity contribution is -0.110. The molecule has 1 aliphatic heterocycles. The van der Waals surface area contributed by atoms with Crippen molar-refractivity contribution in [3.8, 4) is 0 Å². The molecule has 2 unspecified atom stereocenters. The molecule has 1 spiro atoms. The third-order valence-corrected chi connectivity index (χ3v) is 4.26. The van der Waals surface area contributed by atoms with Crippen molar-refractivity contribution in [1.29, 1.82) is 0 Å². The summed E-state index contributed by atoms with van der Waals surface area (Å²) in [6, 6.07) is 0.489. The van der Waals surface area contributed by atoms with Crippen molar-refractivity contribution in [1.82, 2.24) is 5.32 Å². The SMILES string of the molecule is COCC(O)CNC1CCOC2(CCCCC2)C1. The van der Waals surface area contributed by atoms with E-state index in [1.165, 1.54) is 32.1 Å². The van der Waals surface area contributed by atoms with Crippen LogP contribution in [-0.2, 0) is 9.47 Å². The van der Waals surface area contributed by atoms with Gasteiger partial charge in [0.25, 0.3) is 0 Å². The topological polar surface area (TPSA) is 50.7 Å². The molecule has 18 heavy (non-hydrogen) atoms. The van der Waals surface area contributed by atoms with Gasteiger partial charge in [0.15, 0.2) is 0 Å². The van der Waals surface area contributed by atoms with Crippen LogP contribution in [0.2, 0.25) is 0 Å². The Morgan fingerprint density at radius 1 is 1.39 bits per heavy atom. The molecule has 0 aromatic heterocycles. The van der Waals surface area contributed by atoms with E-state index in [0.29, 0.717) is 19.2 Å². The Balaban J connectivity index is 1.76. The van der Waals surface area contributed by atoms with Gasteiger partial charge < -0.3 is 19.9 Å². The molecular weight excluding hydrogens is 230 g/mol. The van der Waals surface area contributed by atoms with Gasteiger partial charge in [-0.2, -0.15) is 0 Å². The third-order valence-electron chi connectivity index (χ3n) is 4.26. The fourth-order valence-electron chi connectivity index (χ4n) is 3.30. The van der Waals surface area contributed by atoms with Gasteiger partial charge in [-0.05, 0) is 25.7 Å². The lowest BCUT2D eigenvalue weighted by Gasteiger charge is -2.44. The standard InChI is InChI=1S/C14H27NO3/c1-17-11-13(16)10-15-12-5-8-18-14(9-12)6-3-2-4-7-14/h12-13,15-16H,2-11H2,1H3. The number of methoxy groups -OCH3 is 1. The van der Waals surface area contributed by atoms with Crippen molar-refractivity contribution in [2.75, 3.05) is 26.9 Å². The highest BCUT2D eigenvalue weighted by atomic mass is 16.5. The van der Waals surface area contributed by atoms with Gasteiger partial charge >= 0.3 is 0 Å². The second-order valence-electron chi connectivity index (χ2n) is 5.80. The molecule has 4 nitrogen and oxygen atoms in total. The van der Waals surface area contributed by atoms with Crippen molar-refractivity contribution >= 4 is 0 Å². The van der Waals surface area contributed by atoms with Crippen LogP contribution >= 0.6 is 0 Å². The molecule has 2 N–H and O–H groups in total. The molecule has 1 heterocycles. The Morgan fingerprint density at radius 2 is 2.17 bits per heavy atom. The molecule has 2 rings (SSSR count). The maximum atomic E-state index is 9.66. The van der Waals surface area contributed by atoms with Crippen LogP contribution in [0.1, 0.15) is 44.9 Å². The summed E-state index contributed by atoms with van der Waals surface area (Å²) < 4.78 is 11.0. The molecule has 1 saturated carbocycles. The molecule has 0 aromatic carbocycles. The number of hydrogen-bond donors (Lipinski definition) is 2. The zero-order valence-electron chi connectivity index (χ0n) is 11.5. The number of ether oxygens (including phenoxy) is 2. The first-order valence-corrected chi connectivity index (χ1v) is 7.28. The van der Waals surface area contributed by atoms with E-state index in [4.69, 9.17) is 9.47 Å². The normalized spacial score (nSPS) is 29.3. The minimum absolute atomic E-state index is 0.139. The molecule has 1 saturated heterocycles. The molecule has 0 amide bonds. The van der Waals surface area contributed by atoms with Gasteiger partial charge in [-0.1, -0.05) is 19.3 Å². The first-order chi connectivity index (χ1) is 8.74. The van der Waals surface area contributed by atoms with E-state index >= 15 is 0 Å². The summed E-state index contributed by atoms with van der Waals surface area (Å²) in [5.41, 5.74) is 0.139. The van der Waals surface area contributed by atoms with E-state index in [9.17, 15) is 5.11 Å². The second kappa shape index (κ2) is 6.85. The van der Waals surface area contributed by atoms with Crippen molar-refractivity contribution < 1.29 is 14.6 Å². The minimum atomic E-state index is -0.403. The molecule has 1 aliphatic carbocycles. The lowest BCUT2D eigenvalue weighted by atomic mass is 9.78. The highest BCUT2D eigenvalue weighted by molar-refractivity contribution is 4.92. The van der Waals surface area contributed by atoms with Crippen molar-refractivity contribution in [3.05, 3.63) is 0 Å². The molecule has 0 radical (unpaired) electrons. The monoisotopic (exact) mass is 257 g/mol. The first-order valence-electron chi connectivity index (χ1n) is 7.28. The molecule has 2 aliphatic rings. The van der Waals surface area contributed by atoms with E-state index in [1.807, 2.05) is 0 Å². The zero-order chi connectivity index (χ0) is 12.8. The summed E-state index contributed by atoms with van der Waals surface area (Å²) in [7, 11) is 1.62. The Kier molecular flexibility index (Phi) is 5.42. The number of rotatable bonds is 5. The Hall–Kier alpha value is -0.160. The van der Waals surface area contributed by atoms with Crippen molar-refractivity contribution in [2.45, 2.75) is 62.7 Å². The number of aliphatic hydroxyl groups is 1. The number of aliphatic hydroxyl groups excluding tert-OH is 1. The Bertz CT molecular complexity index is 236. The maximum absolute atomic E-state index is 9.66. The van der Waals surface area contributed by atoms with Crippen LogP contribution in [0, 0.1) is 0 Å². The predicted molar refractivity (Wildman–Crippen MR) is 70.7 cm³/mol. The van der Waals surface area contributed by atoms with E-state index < -0.39 is 6.10 Å². The zero-order valence-corrected chi connectivity index (χ0v) is 11.5. The summed E-state index contributed by atoms with van der Waals surface area (Å²) in [4.78, 5) is 0. The van der Waals surface area contributed by atoms with Crippen molar-refractivity contribution in [3.63, 3.8) is 0 Å². The molecule has 2 atom stereocenters. The largest absolute Gasteiger partial charge is 0.389 e. The van der Waals surface area contributed by atoms with Gasteiger partial charge in [-0.3, -0.25) is 0 Å². The van der Waals surface area contributed by atoms with Crippen LogP contribution < -0.4 is 5.32 Å². The van der Waals surface area contributed by atoms with Gasteiger partial charge in [0.1, 0.15) is 0 Å². The second-order valence-corrected chi connectivity index (χ2v) is 5.80. The molecule has 4 heteroatoms. The van der Waals surface area contributed by atoms with Crippen molar-refractivity contribution in [2.24, 2.45) is 0 Å². The van der Waals surface area contributed by atoms with E-state index in [1.54, 1.807) is 7.11 Å².